The first-order valence-corrected chi connectivity index (χ1v) is 7.94. The summed E-state index contributed by atoms with van der Waals surface area (Å²) in [7, 11) is 0. The number of carboxylic acid groups (broad SMARTS) is 1. The van der Waals surface area contributed by atoms with Crippen molar-refractivity contribution >= 4 is 11.9 Å². The van der Waals surface area contributed by atoms with E-state index >= 15 is 0 Å². The van der Waals surface area contributed by atoms with Gasteiger partial charge in [-0.05, 0) is 30.4 Å². The molecular formula is C18H27NO3. The fraction of sp³-hybridized carbons (Fsp3) is 0.556. The van der Waals surface area contributed by atoms with Crippen molar-refractivity contribution in [3.05, 3.63) is 35.4 Å². The molecule has 0 fully saturated rings. The molecule has 0 aromatic heterocycles. The Morgan fingerprint density at radius 3 is 2.36 bits per heavy atom. The van der Waals surface area contributed by atoms with Gasteiger partial charge in [0.05, 0.1) is 12.5 Å². The second-order valence-electron chi connectivity index (χ2n) is 6.15. The highest BCUT2D eigenvalue weighted by molar-refractivity contribution is 5.80. The summed E-state index contributed by atoms with van der Waals surface area (Å²) in [4.78, 5) is 23.7. The largest absolute Gasteiger partial charge is 0.481 e. The van der Waals surface area contributed by atoms with Crippen molar-refractivity contribution in [2.45, 2.75) is 53.0 Å². The first kappa shape index (κ1) is 18.2. The summed E-state index contributed by atoms with van der Waals surface area (Å²) < 4.78 is 0. The monoisotopic (exact) mass is 305 g/mol. The maximum absolute atomic E-state index is 12.5. The zero-order valence-electron chi connectivity index (χ0n) is 13.9. The van der Waals surface area contributed by atoms with E-state index in [2.05, 4.69) is 12.2 Å². The first-order chi connectivity index (χ1) is 10.4. The quantitative estimate of drug-likeness (QED) is 0.769. The second-order valence-corrected chi connectivity index (χ2v) is 6.15. The van der Waals surface area contributed by atoms with Crippen LogP contribution in [0.15, 0.2) is 24.3 Å². The van der Waals surface area contributed by atoms with Crippen LogP contribution in [0.1, 0.15) is 57.2 Å². The SMILES string of the molecule is CCCC(C(=O)NC(CC(=O)O)c1ccccc1C)C(C)C. The lowest BCUT2D eigenvalue weighted by molar-refractivity contribution is -0.138. The molecule has 0 aliphatic rings. The van der Waals surface area contributed by atoms with E-state index < -0.39 is 12.0 Å². The van der Waals surface area contributed by atoms with Gasteiger partial charge in [-0.15, -0.1) is 0 Å². The minimum atomic E-state index is -0.912. The van der Waals surface area contributed by atoms with Crippen LogP contribution in [-0.2, 0) is 9.59 Å². The van der Waals surface area contributed by atoms with Crippen molar-refractivity contribution in [2.24, 2.45) is 11.8 Å². The molecule has 1 amide bonds. The fourth-order valence-corrected chi connectivity index (χ4v) is 2.75. The third kappa shape index (κ3) is 5.17. The zero-order chi connectivity index (χ0) is 16.7. The van der Waals surface area contributed by atoms with Crippen LogP contribution in [0.2, 0.25) is 0 Å². The molecule has 0 aliphatic carbocycles. The number of carbonyl (C=O) groups is 2. The van der Waals surface area contributed by atoms with Crippen molar-refractivity contribution in [1.82, 2.24) is 5.32 Å². The topological polar surface area (TPSA) is 66.4 Å². The summed E-state index contributed by atoms with van der Waals surface area (Å²) in [6.07, 6.45) is 1.65. The molecule has 0 saturated carbocycles. The van der Waals surface area contributed by atoms with Crippen LogP contribution in [0.3, 0.4) is 0 Å². The molecule has 2 atom stereocenters. The lowest BCUT2D eigenvalue weighted by Crippen LogP contribution is -2.37. The van der Waals surface area contributed by atoms with Crippen LogP contribution in [0, 0.1) is 18.8 Å². The predicted octanol–water partition coefficient (Wildman–Crippen LogP) is 3.70. The van der Waals surface area contributed by atoms with Crippen molar-refractivity contribution < 1.29 is 14.7 Å². The minimum absolute atomic E-state index is 0.0497. The van der Waals surface area contributed by atoms with Crippen LogP contribution in [-0.4, -0.2) is 17.0 Å². The number of aliphatic carboxylic acids is 1. The number of carboxylic acids is 1. The number of hydrogen-bond donors (Lipinski definition) is 2. The molecule has 0 bridgehead atoms. The van der Waals surface area contributed by atoms with E-state index in [4.69, 9.17) is 5.11 Å². The van der Waals surface area contributed by atoms with Gasteiger partial charge in [-0.3, -0.25) is 9.59 Å². The van der Waals surface area contributed by atoms with E-state index in [1.165, 1.54) is 0 Å². The predicted molar refractivity (Wildman–Crippen MR) is 87.6 cm³/mol. The highest BCUT2D eigenvalue weighted by atomic mass is 16.4. The molecule has 0 saturated heterocycles. The van der Waals surface area contributed by atoms with Gasteiger partial charge < -0.3 is 10.4 Å². The van der Waals surface area contributed by atoms with E-state index in [9.17, 15) is 9.59 Å². The van der Waals surface area contributed by atoms with Crippen LogP contribution in [0.25, 0.3) is 0 Å². The Kier molecular flexibility index (Phi) is 7.09. The second kappa shape index (κ2) is 8.57. The van der Waals surface area contributed by atoms with Crippen LogP contribution < -0.4 is 5.32 Å². The molecular weight excluding hydrogens is 278 g/mol. The van der Waals surface area contributed by atoms with Gasteiger partial charge in [0.25, 0.3) is 0 Å². The molecule has 122 valence electrons. The van der Waals surface area contributed by atoms with Gasteiger partial charge in [-0.25, -0.2) is 0 Å². The fourth-order valence-electron chi connectivity index (χ4n) is 2.75. The van der Waals surface area contributed by atoms with Crippen molar-refractivity contribution in [2.75, 3.05) is 0 Å². The summed E-state index contributed by atoms with van der Waals surface area (Å²) in [5.41, 5.74) is 1.86. The smallest absolute Gasteiger partial charge is 0.305 e. The van der Waals surface area contributed by atoms with E-state index in [0.29, 0.717) is 0 Å². The van der Waals surface area contributed by atoms with E-state index in [0.717, 1.165) is 24.0 Å². The number of hydrogen-bond acceptors (Lipinski definition) is 2. The lowest BCUT2D eigenvalue weighted by Gasteiger charge is -2.25. The Bertz CT molecular complexity index is 511. The molecule has 4 heteroatoms. The molecule has 1 aromatic rings. The molecule has 22 heavy (non-hydrogen) atoms. The number of benzene rings is 1. The van der Waals surface area contributed by atoms with Gasteiger partial charge in [0.2, 0.25) is 5.91 Å². The highest BCUT2D eigenvalue weighted by Gasteiger charge is 2.26. The Morgan fingerprint density at radius 1 is 1.23 bits per heavy atom. The molecule has 0 radical (unpaired) electrons. The standard InChI is InChI=1S/C18H27NO3/c1-5-8-14(12(2)3)18(22)19-16(11-17(20)21)15-10-7-6-9-13(15)4/h6-7,9-10,12,14,16H,5,8,11H2,1-4H3,(H,19,22)(H,20,21). The summed E-state index contributed by atoms with van der Waals surface area (Å²) in [6, 6.07) is 7.11. The molecule has 0 aliphatic heterocycles. The van der Waals surface area contributed by atoms with Crippen LogP contribution in [0.4, 0.5) is 0 Å². The van der Waals surface area contributed by atoms with Gasteiger partial charge in [-0.1, -0.05) is 51.5 Å². The molecule has 0 spiro atoms. The van der Waals surface area contributed by atoms with Gasteiger partial charge in [-0.2, -0.15) is 0 Å². The lowest BCUT2D eigenvalue weighted by atomic mass is 9.89. The zero-order valence-corrected chi connectivity index (χ0v) is 13.9. The third-order valence-electron chi connectivity index (χ3n) is 4.00. The normalized spacial score (nSPS) is 13.7. The number of rotatable bonds is 8. The van der Waals surface area contributed by atoms with E-state index in [1.807, 2.05) is 45.0 Å². The van der Waals surface area contributed by atoms with Gasteiger partial charge in [0.15, 0.2) is 0 Å². The van der Waals surface area contributed by atoms with Crippen molar-refractivity contribution in [3.63, 3.8) is 0 Å². The van der Waals surface area contributed by atoms with E-state index in [-0.39, 0.29) is 24.2 Å². The molecule has 0 heterocycles. The van der Waals surface area contributed by atoms with Crippen molar-refractivity contribution in [3.8, 4) is 0 Å². The van der Waals surface area contributed by atoms with Gasteiger partial charge in [0, 0.05) is 5.92 Å². The summed E-state index contributed by atoms with van der Waals surface area (Å²) in [5, 5.41) is 12.1. The first-order valence-electron chi connectivity index (χ1n) is 7.94. The number of nitrogens with one attached hydrogen (secondary N) is 1. The van der Waals surface area contributed by atoms with Crippen LogP contribution in [0.5, 0.6) is 0 Å². The Labute approximate surface area is 132 Å². The molecule has 1 aromatic carbocycles. The number of carbonyl (C=O) groups excluding carboxylic acids is 1. The average molecular weight is 305 g/mol. The van der Waals surface area contributed by atoms with Gasteiger partial charge >= 0.3 is 5.97 Å². The number of amides is 1. The summed E-state index contributed by atoms with van der Waals surface area (Å²) >= 11 is 0. The average Bonchev–Trinajstić information content (AvgIpc) is 2.43. The minimum Gasteiger partial charge on any atom is -0.481 e. The maximum atomic E-state index is 12.5. The van der Waals surface area contributed by atoms with Crippen LogP contribution >= 0.6 is 0 Å². The Balaban J connectivity index is 2.96. The summed E-state index contributed by atoms with van der Waals surface area (Å²) in [5.74, 6) is -0.802. The molecule has 2 unspecified atom stereocenters. The third-order valence-corrected chi connectivity index (χ3v) is 4.00. The molecule has 1 rings (SSSR count). The highest BCUT2D eigenvalue weighted by Crippen LogP contribution is 2.24. The van der Waals surface area contributed by atoms with Gasteiger partial charge in [0.1, 0.15) is 0 Å². The number of aryl methyl sites for hydroxylation is 1. The molecule has 2 N–H and O–H groups in total. The summed E-state index contributed by atoms with van der Waals surface area (Å²) in [6.45, 7) is 8.04. The van der Waals surface area contributed by atoms with Crippen molar-refractivity contribution in [1.29, 1.82) is 0 Å². The Morgan fingerprint density at radius 2 is 1.86 bits per heavy atom. The van der Waals surface area contributed by atoms with E-state index in [1.54, 1.807) is 0 Å². The maximum Gasteiger partial charge on any atom is 0.305 e. The molecule has 4 nitrogen and oxygen atoms in total. The Hall–Kier alpha value is -1.84.